The minimum atomic E-state index is 0.575. The fourth-order valence-electron chi connectivity index (χ4n) is 1.06. The zero-order valence-corrected chi connectivity index (χ0v) is 7.05. The van der Waals surface area contributed by atoms with Gasteiger partial charge in [0.05, 0.1) is 0 Å². The number of rotatable bonds is 1. The van der Waals surface area contributed by atoms with Gasteiger partial charge in [-0.1, -0.05) is 13.8 Å². The van der Waals surface area contributed by atoms with Gasteiger partial charge < -0.3 is 4.57 Å². The SMILES string of the molecule is Cc1ncc(C(C)C)n1C. The zero-order chi connectivity index (χ0) is 7.72. The minimum Gasteiger partial charge on any atom is -0.335 e. The molecule has 0 unspecified atom stereocenters. The van der Waals surface area contributed by atoms with Crippen LogP contribution in [0.5, 0.6) is 0 Å². The minimum absolute atomic E-state index is 0.575. The summed E-state index contributed by atoms with van der Waals surface area (Å²) in [6.07, 6.45) is 1.94. The molecule has 1 heterocycles. The Morgan fingerprint density at radius 2 is 2.10 bits per heavy atom. The van der Waals surface area contributed by atoms with Crippen molar-refractivity contribution in [3.05, 3.63) is 17.7 Å². The van der Waals surface area contributed by atoms with Gasteiger partial charge in [-0.25, -0.2) is 4.98 Å². The Morgan fingerprint density at radius 1 is 1.50 bits per heavy atom. The molecule has 0 atom stereocenters. The second kappa shape index (κ2) is 2.45. The molecule has 0 aliphatic rings. The summed E-state index contributed by atoms with van der Waals surface area (Å²) in [4.78, 5) is 4.20. The van der Waals surface area contributed by atoms with Crippen molar-refractivity contribution in [1.29, 1.82) is 0 Å². The largest absolute Gasteiger partial charge is 0.335 e. The standard InChI is InChI=1S/C8H14N2/c1-6(2)8-5-9-7(3)10(8)4/h5-6H,1-4H3. The predicted octanol–water partition coefficient (Wildman–Crippen LogP) is 1.85. The van der Waals surface area contributed by atoms with E-state index in [1.165, 1.54) is 5.69 Å². The fraction of sp³-hybridized carbons (Fsp3) is 0.625. The quantitative estimate of drug-likeness (QED) is 0.579. The first-order valence-corrected chi connectivity index (χ1v) is 3.61. The summed E-state index contributed by atoms with van der Waals surface area (Å²) in [7, 11) is 2.05. The van der Waals surface area contributed by atoms with Gasteiger partial charge in [0, 0.05) is 18.9 Å². The third kappa shape index (κ3) is 1.06. The smallest absolute Gasteiger partial charge is 0.105 e. The van der Waals surface area contributed by atoms with Crippen LogP contribution in [0.15, 0.2) is 6.20 Å². The summed E-state index contributed by atoms with van der Waals surface area (Å²) in [6.45, 7) is 6.37. The number of imidazole rings is 1. The topological polar surface area (TPSA) is 17.8 Å². The molecule has 0 saturated heterocycles. The number of aryl methyl sites for hydroxylation is 1. The second-order valence-corrected chi connectivity index (χ2v) is 2.94. The van der Waals surface area contributed by atoms with Crippen molar-refractivity contribution in [1.82, 2.24) is 9.55 Å². The Kier molecular flexibility index (Phi) is 1.79. The maximum Gasteiger partial charge on any atom is 0.105 e. The fourth-order valence-corrected chi connectivity index (χ4v) is 1.06. The van der Waals surface area contributed by atoms with Gasteiger partial charge >= 0.3 is 0 Å². The number of hydrogen-bond acceptors (Lipinski definition) is 1. The molecule has 0 fully saturated rings. The van der Waals surface area contributed by atoms with E-state index in [9.17, 15) is 0 Å². The molecule has 0 bridgehead atoms. The van der Waals surface area contributed by atoms with Crippen molar-refractivity contribution < 1.29 is 0 Å². The molecule has 0 spiro atoms. The Hall–Kier alpha value is -0.790. The molecule has 0 aromatic carbocycles. The summed E-state index contributed by atoms with van der Waals surface area (Å²) >= 11 is 0. The van der Waals surface area contributed by atoms with Crippen molar-refractivity contribution in [2.75, 3.05) is 0 Å². The second-order valence-electron chi connectivity index (χ2n) is 2.94. The van der Waals surface area contributed by atoms with Crippen LogP contribution in [0.2, 0.25) is 0 Å². The van der Waals surface area contributed by atoms with E-state index < -0.39 is 0 Å². The molecule has 0 saturated carbocycles. The predicted molar refractivity (Wildman–Crippen MR) is 42.0 cm³/mol. The van der Waals surface area contributed by atoms with E-state index in [1.54, 1.807) is 0 Å². The summed E-state index contributed by atoms with van der Waals surface area (Å²) in [5.41, 5.74) is 1.30. The molecule has 10 heavy (non-hydrogen) atoms. The first kappa shape index (κ1) is 7.32. The molecular weight excluding hydrogens is 124 g/mol. The monoisotopic (exact) mass is 138 g/mol. The van der Waals surface area contributed by atoms with Crippen molar-refractivity contribution in [3.8, 4) is 0 Å². The van der Waals surface area contributed by atoms with E-state index >= 15 is 0 Å². The molecule has 1 rings (SSSR count). The maximum absolute atomic E-state index is 4.20. The molecule has 0 N–H and O–H groups in total. The summed E-state index contributed by atoms with van der Waals surface area (Å²) < 4.78 is 2.13. The Balaban J connectivity index is 3.05. The number of nitrogens with zero attached hydrogens (tertiary/aromatic N) is 2. The Bertz CT molecular complexity index is 223. The lowest BCUT2D eigenvalue weighted by Gasteiger charge is -2.05. The summed E-state index contributed by atoms with van der Waals surface area (Å²) in [5.74, 6) is 1.66. The van der Waals surface area contributed by atoms with Crippen molar-refractivity contribution in [2.45, 2.75) is 26.7 Å². The van der Waals surface area contributed by atoms with Gasteiger partial charge in [-0.15, -0.1) is 0 Å². The van der Waals surface area contributed by atoms with Gasteiger partial charge in [-0.3, -0.25) is 0 Å². The van der Waals surface area contributed by atoms with E-state index in [0.29, 0.717) is 5.92 Å². The van der Waals surface area contributed by atoms with Gasteiger partial charge in [-0.05, 0) is 12.8 Å². The molecule has 1 aromatic rings. The molecule has 0 aliphatic carbocycles. The lowest BCUT2D eigenvalue weighted by Crippen LogP contribution is -1.99. The van der Waals surface area contributed by atoms with Crippen LogP contribution in [0.3, 0.4) is 0 Å². The van der Waals surface area contributed by atoms with Gasteiger partial charge in [0.2, 0.25) is 0 Å². The van der Waals surface area contributed by atoms with Crippen LogP contribution in [0.1, 0.15) is 31.3 Å². The van der Waals surface area contributed by atoms with Crippen molar-refractivity contribution >= 4 is 0 Å². The average Bonchev–Trinajstić information content (AvgIpc) is 2.14. The number of hydrogen-bond donors (Lipinski definition) is 0. The van der Waals surface area contributed by atoms with Crippen LogP contribution >= 0.6 is 0 Å². The molecule has 0 amide bonds. The summed E-state index contributed by atoms with van der Waals surface area (Å²) in [6, 6.07) is 0. The lowest BCUT2D eigenvalue weighted by atomic mass is 10.1. The lowest BCUT2D eigenvalue weighted by molar-refractivity contribution is 0.724. The van der Waals surface area contributed by atoms with Crippen LogP contribution in [-0.2, 0) is 7.05 Å². The molecule has 1 aromatic heterocycles. The molecule has 0 aliphatic heterocycles. The number of aromatic nitrogens is 2. The molecule has 2 heteroatoms. The highest BCUT2D eigenvalue weighted by molar-refractivity contribution is 5.07. The maximum atomic E-state index is 4.20. The highest BCUT2D eigenvalue weighted by Gasteiger charge is 2.04. The molecule has 0 radical (unpaired) electrons. The van der Waals surface area contributed by atoms with Crippen LogP contribution in [-0.4, -0.2) is 9.55 Å². The van der Waals surface area contributed by atoms with Gasteiger partial charge in [-0.2, -0.15) is 0 Å². The van der Waals surface area contributed by atoms with E-state index in [2.05, 4.69) is 30.4 Å². The Labute approximate surface area is 61.9 Å². The zero-order valence-electron chi connectivity index (χ0n) is 7.05. The first-order valence-electron chi connectivity index (χ1n) is 3.61. The van der Waals surface area contributed by atoms with Crippen LogP contribution in [0.4, 0.5) is 0 Å². The van der Waals surface area contributed by atoms with E-state index in [-0.39, 0.29) is 0 Å². The normalized spacial score (nSPS) is 10.9. The first-order chi connectivity index (χ1) is 4.63. The van der Waals surface area contributed by atoms with E-state index in [1.807, 2.05) is 13.1 Å². The molecule has 56 valence electrons. The van der Waals surface area contributed by atoms with E-state index in [0.717, 1.165) is 5.82 Å². The third-order valence-electron chi connectivity index (χ3n) is 1.85. The highest BCUT2D eigenvalue weighted by atomic mass is 15.1. The summed E-state index contributed by atoms with van der Waals surface area (Å²) in [5, 5.41) is 0. The van der Waals surface area contributed by atoms with Crippen molar-refractivity contribution in [3.63, 3.8) is 0 Å². The molecule has 2 nitrogen and oxygen atoms in total. The third-order valence-corrected chi connectivity index (χ3v) is 1.85. The van der Waals surface area contributed by atoms with E-state index in [4.69, 9.17) is 0 Å². The highest BCUT2D eigenvalue weighted by Crippen LogP contribution is 2.13. The van der Waals surface area contributed by atoms with Crippen molar-refractivity contribution in [2.24, 2.45) is 7.05 Å². The molecular formula is C8H14N2. The van der Waals surface area contributed by atoms with Crippen LogP contribution < -0.4 is 0 Å². The van der Waals surface area contributed by atoms with Crippen LogP contribution in [0, 0.1) is 6.92 Å². The Morgan fingerprint density at radius 3 is 2.30 bits per heavy atom. The average molecular weight is 138 g/mol. The van der Waals surface area contributed by atoms with Crippen LogP contribution in [0.25, 0.3) is 0 Å². The van der Waals surface area contributed by atoms with Gasteiger partial charge in [0.1, 0.15) is 5.82 Å². The van der Waals surface area contributed by atoms with Gasteiger partial charge in [0.15, 0.2) is 0 Å². The van der Waals surface area contributed by atoms with Gasteiger partial charge in [0.25, 0.3) is 0 Å².